The van der Waals surface area contributed by atoms with Gasteiger partial charge in [-0.3, -0.25) is 15.0 Å². The van der Waals surface area contributed by atoms with Crippen LogP contribution in [0.25, 0.3) is 44.6 Å². The molecule has 0 bridgehead atoms. The Bertz CT molecular complexity index is 1590. The number of H-pyrrole nitrogens is 2. The van der Waals surface area contributed by atoms with E-state index in [1.165, 1.54) is 25.7 Å². The van der Waals surface area contributed by atoms with Crippen LogP contribution in [0.1, 0.15) is 44.1 Å². The molecule has 2 aliphatic rings. The number of halogens is 1. The smallest absolute Gasteiger partial charge is 0.157 e. The first-order valence-corrected chi connectivity index (χ1v) is 13.7. The van der Waals surface area contributed by atoms with Crippen molar-refractivity contribution in [2.45, 2.75) is 45.1 Å². The molecule has 0 amide bonds. The maximum atomic E-state index is 15.3. The second-order valence-electron chi connectivity index (χ2n) is 10.5. The molecule has 1 aromatic carbocycles. The highest BCUT2D eigenvalue weighted by molar-refractivity contribution is 5.97. The SMILES string of the molecule is Fc1cc(-c2cncc(CN3CCCCC3)c2)cc2c(-c3nc4c(N5CCCCC5)nccc4[nH]3)[nH]nc12. The van der Waals surface area contributed by atoms with Gasteiger partial charge in [0.1, 0.15) is 16.7 Å². The zero-order valence-corrected chi connectivity index (χ0v) is 21.4. The fourth-order valence-corrected chi connectivity index (χ4v) is 5.91. The third-order valence-corrected chi connectivity index (χ3v) is 7.87. The van der Waals surface area contributed by atoms with E-state index in [0.717, 1.165) is 79.1 Å². The number of rotatable bonds is 5. The van der Waals surface area contributed by atoms with Crippen molar-refractivity contribution < 1.29 is 4.39 Å². The van der Waals surface area contributed by atoms with Crippen LogP contribution in [0.15, 0.2) is 42.9 Å². The highest BCUT2D eigenvalue weighted by Crippen LogP contribution is 2.34. The van der Waals surface area contributed by atoms with Crippen molar-refractivity contribution in [3.8, 4) is 22.6 Å². The molecule has 9 heteroatoms. The van der Waals surface area contributed by atoms with Crippen LogP contribution in [0.5, 0.6) is 0 Å². The van der Waals surface area contributed by atoms with Crippen LogP contribution in [-0.2, 0) is 6.54 Å². The van der Waals surface area contributed by atoms with E-state index in [-0.39, 0.29) is 5.82 Å². The molecule has 4 aromatic heterocycles. The summed E-state index contributed by atoms with van der Waals surface area (Å²) in [5.41, 5.74) is 5.52. The van der Waals surface area contributed by atoms with Gasteiger partial charge in [-0.05, 0) is 80.6 Å². The predicted octanol–water partition coefficient (Wildman–Crippen LogP) is 5.68. The van der Waals surface area contributed by atoms with E-state index in [9.17, 15) is 0 Å². The Kier molecular flexibility index (Phi) is 6.00. The summed E-state index contributed by atoms with van der Waals surface area (Å²) in [6.07, 6.45) is 12.9. The Balaban J connectivity index is 1.26. The minimum atomic E-state index is -0.367. The number of imidazole rings is 1. The van der Waals surface area contributed by atoms with Gasteiger partial charge in [-0.1, -0.05) is 6.42 Å². The minimum Gasteiger partial charge on any atom is -0.355 e. The molecule has 2 saturated heterocycles. The zero-order chi connectivity index (χ0) is 25.5. The maximum absolute atomic E-state index is 15.3. The molecular formula is C29H31FN8. The topological polar surface area (TPSA) is 89.6 Å². The fourth-order valence-electron chi connectivity index (χ4n) is 5.91. The minimum absolute atomic E-state index is 0.302. The molecule has 6 heterocycles. The van der Waals surface area contributed by atoms with Crippen molar-refractivity contribution in [1.29, 1.82) is 0 Å². The van der Waals surface area contributed by atoms with Crippen LogP contribution in [-0.4, -0.2) is 61.2 Å². The monoisotopic (exact) mass is 510 g/mol. The Morgan fingerprint density at radius 2 is 1.68 bits per heavy atom. The van der Waals surface area contributed by atoms with Gasteiger partial charge in [-0.2, -0.15) is 5.10 Å². The molecule has 0 radical (unpaired) electrons. The average molecular weight is 511 g/mol. The molecule has 0 unspecified atom stereocenters. The molecule has 194 valence electrons. The number of fused-ring (bicyclic) bond motifs is 2. The summed E-state index contributed by atoms with van der Waals surface area (Å²) in [7, 11) is 0. The molecule has 0 spiro atoms. The van der Waals surface area contributed by atoms with E-state index < -0.39 is 0 Å². The Morgan fingerprint density at radius 3 is 2.53 bits per heavy atom. The Morgan fingerprint density at radius 1 is 0.868 bits per heavy atom. The Hall–Kier alpha value is -3.85. The number of aromatic amines is 2. The lowest BCUT2D eigenvalue weighted by Crippen LogP contribution is -2.30. The molecule has 0 saturated carbocycles. The van der Waals surface area contributed by atoms with Gasteiger partial charge in [0.2, 0.25) is 0 Å². The van der Waals surface area contributed by atoms with Crippen LogP contribution in [0.4, 0.5) is 10.2 Å². The van der Waals surface area contributed by atoms with Crippen molar-refractivity contribution in [2.75, 3.05) is 31.1 Å². The zero-order valence-electron chi connectivity index (χ0n) is 21.4. The number of aromatic nitrogens is 6. The molecule has 0 aliphatic carbocycles. The second kappa shape index (κ2) is 9.79. The van der Waals surface area contributed by atoms with Gasteiger partial charge >= 0.3 is 0 Å². The predicted molar refractivity (Wildman–Crippen MR) is 147 cm³/mol. The van der Waals surface area contributed by atoms with Crippen molar-refractivity contribution in [1.82, 2.24) is 35.0 Å². The fraction of sp³-hybridized carbons (Fsp3) is 0.379. The van der Waals surface area contributed by atoms with E-state index in [0.29, 0.717) is 22.4 Å². The van der Waals surface area contributed by atoms with Gasteiger partial charge in [0.15, 0.2) is 17.5 Å². The summed E-state index contributed by atoms with van der Waals surface area (Å²) in [5.74, 6) is 1.16. The lowest BCUT2D eigenvalue weighted by Gasteiger charge is -2.27. The second-order valence-corrected chi connectivity index (χ2v) is 10.5. The third kappa shape index (κ3) is 4.30. The number of piperidine rings is 2. The van der Waals surface area contributed by atoms with Crippen molar-refractivity contribution >= 4 is 27.8 Å². The third-order valence-electron chi connectivity index (χ3n) is 7.87. The van der Waals surface area contributed by atoms with Gasteiger partial charge in [0, 0.05) is 49.2 Å². The van der Waals surface area contributed by atoms with Gasteiger partial charge in [-0.15, -0.1) is 0 Å². The van der Waals surface area contributed by atoms with Crippen molar-refractivity contribution in [3.63, 3.8) is 0 Å². The number of nitrogens with one attached hydrogen (secondary N) is 2. The summed E-state index contributed by atoms with van der Waals surface area (Å²) < 4.78 is 15.3. The number of likely N-dealkylation sites (tertiary alicyclic amines) is 1. The molecular weight excluding hydrogens is 479 g/mol. The normalized spacial score (nSPS) is 17.0. The highest BCUT2D eigenvalue weighted by Gasteiger charge is 2.21. The first kappa shape index (κ1) is 23.3. The van der Waals surface area contributed by atoms with Crippen molar-refractivity contribution in [3.05, 3.63) is 54.2 Å². The lowest BCUT2D eigenvalue weighted by molar-refractivity contribution is 0.220. The summed E-state index contributed by atoms with van der Waals surface area (Å²) in [6, 6.07) is 7.59. The maximum Gasteiger partial charge on any atom is 0.157 e. The molecule has 2 N–H and O–H groups in total. The number of pyridine rings is 2. The summed E-state index contributed by atoms with van der Waals surface area (Å²) in [4.78, 5) is 22.2. The average Bonchev–Trinajstić information content (AvgIpc) is 3.59. The largest absolute Gasteiger partial charge is 0.355 e. The van der Waals surface area contributed by atoms with Crippen LogP contribution in [0.3, 0.4) is 0 Å². The van der Waals surface area contributed by atoms with Gasteiger partial charge in [0.25, 0.3) is 0 Å². The molecule has 38 heavy (non-hydrogen) atoms. The molecule has 0 atom stereocenters. The number of hydrogen-bond acceptors (Lipinski definition) is 6. The number of anilines is 1. The van der Waals surface area contributed by atoms with Gasteiger partial charge in [0.05, 0.1) is 5.52 Å². The van der Waals surface area contributed by atoms with E-state index in [2.05, 4.69) is 41.0 Å². The van der Waals surface area contributed by atoms with Crippen LogP contribution >= 0.6 is 0 Å². The quantitative estimate of drug-likeness (QED) is 0.316. The van der Waals surface area contributed by atoms with E-state index in [1.807, 2.05) is 24.5 Å². The van der Waals surface area contributed by atoms with Crippen LogP contribution in [0, 0.1) is 5.82 Å². The highest BCUT2D eigenvalue weighted by atomic mass is 19.1. The number of nitrogens with zero attached hydrogens (tertiary/aromatic N) is 6. The number of benzene rings is 1. The van der Waals surface area contributed by atoms with E-state index >= 15 is 4.39 Å². The van der Waals surface area contributed by atoms with Gasteiger partial charge < -0.3 is 9.88 Å². The van der Waals surface area contributed by atoms with E-state index in [4.69, 9.17) is 4.98 Å². The van der Waals surface area contributed by atoms with E-state index in [1.54, 1.807) is 12.3 Å². The lowest BCUT2D eigenvalue weighted by atomic mass is 10.0. The van der Waals surface area contributed by atoms with Crippen LogP contribution in [0.2, 0.25) is 0 Å². The standard InChI is InChI=1S/C29H31FN8/c30-23-15-20(21-13-19(16-31-17-21)18-37-9-3-1-4-10-37)14-22-25(23)35-36-26(22)28-33-24-7-8-32-29(27(24)34-28)38-11-5-2-6-12-38/h7-8,13-17H,1-6,9-12,18H2,(H,33,34)(H,35,36). The van der Waals surface area contributed by atoms with Crippen LogP contribution < -0.4 is 4.90 Å². The molecule has 8 nitrogen and oxygen atoms in total. The molecule has 7 rings (SSSR count). The number of hydrogen-bond donors (Lipinski definition) is 2. The van der Waals surface area contributed by atoms with Crippen molar-refractivity contribution in [2.24, 2.45) is 0 Å². The molecule has 2 fully saturated rings. The summed E-state index contributed by atoms with van der Waals surface area (Å²) in [6.45, 7) is 5.09. The molecule has 5 aromatic rings. The Labute approximate surface area is 220 Å². The molecule has 2 aliphatic heterocycles. The van der Waals surface area contributed by atoms with Gasteiger partial charge in [-0.25, -0.2) is 14.4 Å². The summed E-state index contributed by atoms with van der Waals surface area (Å²) >= 11 is 0. The summed E-state index contributed by atoms with van der Waals surface area (Å²) in [5, 5.41) is 8.02. The first-order valence-electron chi connectivity index (χ1n) is 13.7. The first-order chi connectivity index (χ1) is 18.7.